The SMILES string of the molecule is O=C1OC(c2ccc(I)cc2)=N/C1=C\c1ccc(Br)c([N+](=O)[O-])c1. The summed E-state index contributed by atoms with van der Waals surface area (Å²) in [6.45, 7) is 0. The lowest BCUT2D eigenvalue weighted by atomic mass is 10.1. The second kappa shape index (κ2) is 6.81. The van der Waals surface area contributed by atoms with Crippen molar-refractivity contribution in [2.24, 2.45) is 4.99 Å². The summed E-state index contributed by atoms with van der Waals surface area (Å²) in [5.41, 5.74) is 1.19. The lowest BCUT2D eigenvalue weighted by Crippen LogP contribution is -2.05. The molecule has 0 N–H and O–H groups in total. The van der Waals surface area contributed by atoms with E-state index in [0.29, 0.717) is 15.6 Å². The molecule has 0 saturated heterocycles. The Morgan fingerprint density at radius 1 is 1.21 bits per heavy atom. The molecule has 0 aliphatic carbocycles. The van der Waals surface area contributed by atoms with E-state index in [9.17, 15) is 14.9 Å². The minimum Gasteiger partial charge on any atom is -0.402 e. The van der Waals surface area contributed by atoms with Crippen LogP contribution >= 0.6 is 38.5 Å². The van der Waals surface area contributed by atoms with Crippen LogP contribution in [0.15, 0.2) is 57.6 Å². The monoisotopic (exact) mass is 498 g/mol. The largest absolute Gasteiger partial charge is 0.402 e. The summed E-state index contributed by atoms with van der Waals surface area (Å²) in [7, 11) is 0. The normalized spacial score (nSPS) is 15.3. The van der Waals surface area contributed by atoms with E-state index in [0.717, 1.165) is 3.57 Å². The van der Waals surface area contributed by atoms with Crippen LogP contribution in [0.2, 0.25) is 0 Å². The predicted octanol–water partition coefficient (Wildman–Crippen LogP) is 4.31. The van der Waals surface area contributed by atoms with Crippen molar-refractivity contribution in [2.75, 3.05) is 0 Å². The summed E-state index contributed by atoms with van der Waals surface area (Å²) < 4.78 is 6.59. The van der Waals surface area contributed by atoms with Gasteiger partial charge in [0.15, 0.2) is 5.70 Å². The zero-order valence-corrected chi connectivity index (χ0v) is 15.6. The first-order valence-corrected chi connectivity index (χ1v) is 8.53. The van der Waals surface area contributed by atoms with Crippen LogP contribution in [0.1, 0.15) is 11.1 Å². The number of hydrogen-bond acceptors (Lipinski definition) is 5. The number of cyclic esters (lactones) is 1. The number of nitro benzene ring substituents is 1. The van der Waals surface area contributed by atoms with Crippen LogP contribution in [0.25, 0.3) is 6.08 Å². The van der Waals surface area contributed by atoms with Gasteiger partial charge in [0.1, 0.15) is 0 Å². The van der Waals surface area contributed by atoms with Gasteiger partial charge in [-0.05, 0) is 80.5 Å². The van der Waals surface area contributed by atoms with Crippen LogP contribution in [0.4, 0.5) is 5.69 Å². The van der Waals surface area contributed by atoms with Crippen molar-refractivity contribution < 1.29 is 14.5 Å². The van der Waals surface area contributed by atoms with Gasteiger partial charge in [0.2, 0.25) is 5.90 Å². The number of halogens is 2. The Morgan fingerprint density at radius 3 is 2.58 bits per heavy atom. The second-order valence-electron chi connectivity index (χ2n) is 4.81. The summed E-state index contributed by atoms with van der Waals surface area (Å²) in [6.07, 6.45) is 1.46. The highest BCUT2D eigenvalue weighted by molar-refractivity contribution is 14.1. The molecule has 120 valence electrons. The van der Waals surface area contributed by atoms with Crippen molar-refractivity contribution in [3.8, 4) is 0 Å². The van der Waals surface area contributed by atoms with Crippen molar-refractivity contribution in [1.29, 1.82) is 0 Å². The van der Waals surface area contributed by atoms with Crippen LogP contribution < -0.4 is 0 Å². The van der Waals surface area contributed by atoms with Gasteiger partial charge in [0.25, 0.3) is 5.69 Å². The van der Waals surface area contributed by atoms with E-state index in [4.69, 9.17) is 4.74 Å². The van der Waals surface area contributed by atoms with Gasteiger partial charge in [0.05, 0.1) is 9.40 Å². The van der Waals surface area contributed by atoms with Gasteiger partial charge in [-0.15, -0.1) is 0 Å². The van der Waals surface area contributed by atoms with Gasteiger partial charge >= 0.3 is 5.97 Å². The first-order valence-electron chi connectivity index (χ1n) is 6.66. The lowest BCUT2D eigenvalue weighted by Gasteiger charge is -1.98. The Bertz CT molecular complexity index is 907. The van der Waals surface area contributed by atoms with Crippen LogP contribution in [0.5, 0.6) is 0 Å². The smallest absolute Gasteiger partial charge is 0.363 e. The molecular formula is C16H8BrIN2O4. The molecule has 0 fully saturated rings. The van der Waals surface area contributed by atoms with Gasteiger partial charge in [-0.2, -0.15) is 0 Å². The zero-order valence-electron chi connectivity index (χ0n) is 11.9. The summed E-state index contributed by atoms with van der Waals surface area (Å²) in [5.74, 6) is -0.372. The number of carbonyl (C=O) groups is 1. The van der Waals surface area contributed by atoms with Crippen LogP contribution in [-0.4, -0.2) is 16.8 Å². The molecule has 24 heavy (non-hydrogen) atoms. The maximum atomic E-state index is 12.0. The molecule has 6 nitrogen and oxygen atoms in total. The first kappa shape index (κ1) is 16.8. The van der Waals surface area contributed by atoms with Crippen LogP contribution in [-0.2, 0) is 9.53 Å². The van der Waals surface area contributed by atoms with Gasteiger partial charge in [-0.25, -0.2) is 9.79 Å². The fourth-order valence-electron chi connectivity index (χ4n) is 2.04. The third-order valence-electron chi connectivity index (χ3n) is 3.18. The molecule has 0 unspecified atom stereocenters. The second-order valence-corrected chi connectivity index (χ2v) is 6.91. The topological polar surface area (TPSA) is 81.8 Å². The average molecular weight is 499 g/mol. The highest BCUT2D eigenvalue weighted by Gasteiger charge is 2.24. The minimum absolute atomic E-state index is 0.0856. The van der Waals surface area contributed by atoms with E-state index in [1.807, 2.05) is 12.1 Å². The third-order valence-corrected chi connectivity index (χ3v) is 4.57. The highest BCUT2D eigenvalue weighted by Crippen LogP contribution is 2.27. The van der Waals surface area contributed by atoms with Crippen molar-refractivity contribution in [3.05, 3.63) is 77.4 Å². The first-order chi connectivity index (χ1) is 11.4. The van der Waals surface area contributed by atoms with Gasteiger partial charge in [-0.1, -0.05) is 6.07 Å². The Labute approximate surface area is 158 Å². The number of nitro groups is 1. The van der Waals surface area contributed by atoms with Crippen LogP contribution in [0, 0.1) is 13.7 Å². The predicted molar refractivity (Wildman–Crippen MR) is 101 cm³/mol. The van der Waals surface area contributed by atoms with Crippen molar-refractivity contribution >= 4 is 62.2 Å². The number of carbonyl (C=O) groups excluding carboxylic acids is 1. The van der Waals surface area contributed by atoms with Gasteiger partial charge < -0.3 is 4.74 Å². The summed E-state index contributed by atoms with van der Waals surface area (Å²) in [5, 5.41) is 11.0. The van der Waals surface area contributed by atoms with Crippen molar-refractivity contribution in [3.63, 3.8) is 0 Å². The highest BCUT2D eigenvalue weighted by atomic mass is 127. The Kier molecular flexibility index (Phi) is 4.76. The maximum absolute atomic E-state index is 12.0. The minimum atomic E-state index is -0.589. The van der Waals surface area contributed by atoms with Crippen molar-refractivity contribution in [1.82, 2.24) is 0 Å². The molecule has 0 aromatic heterocycles. The Morgan fingerprint density at radius 2 is 1.92 bits per heavy atom. The number of nitrogens with zero attached hydrogens (tertiary/aromatic N) is 2. The van der Waals surface area contributed by atoms with Gasteiger partial charge in [-0.3, -0.25) is 10.1 Å². The molecule has 2 aromatic carbocycles. The zero-order chi connectivity index (χ0) is 17.3. The standard InChI is InChI=1S/C16H8BrIN2O4/c17-12-6-1-9(8-14(12)20(22)23)7-13-16(21)24-15(19-13)10-2-4-11(18)5-3-10/h1-8H/b13-7-. The number of benzene rings is 2. The van der Waals surface area contributed by atoms with E-state index in [-0.39, 0.29) is 17.3 Å². The molecule has 1 heterocycles. The van der Waals surface area contributed by atoms with Gasteiger partial charge in [0, 0.05) is 15.2 Å². The molecular weight excluding hydrogens is 491 g/mol. The molecule has 0 atom stereocenters. The lowest BCUT2D eigenvalue weighted by molar-refractivity contribution is -0.385. The number of ether oxygens (including phenoxy) is 1. The summed E-state index contributed by atoms with van der Waals surface area (Å²) in [4.78, 5) is 26.6. The summed E-state index contributed by atoms with van der Waals surface area (Å²) >= 11 is 5.30. The van der Waals surface area contributed by atoms with E-state index >= 15 is 0 Å². The number of hydrogen-bond donors (Lipinski definition) is 0. The van der Waals surface area contributed by atoms with E-state index < -0.39 is 10.9 Å². The molecule has 0 radical (unpaired) electrons. The fraction of sp³-hybridized carbons (Fsp3) is 0. The molecule has 3 rings (SSSR count). The summed E-state index contributed by atoms with van der Waals surface area (Å²) in [6, 6.07) is 11.9. The molecule has 0 amide bonds. The molecule has 1 aliphatic heterocycles. The molecule has 0 saturated carbocycles. The average Bonchev–Trinajstić information content (AvgIpc) is 2.90. The number of rotatable bonds is 3. The molecule has 2 aromatic rings. The quantitative estimate of drug-likeness (QED) is 0.207. The van der Waals surface area contributed by atoms with E-state index in [2.05, 4.69) is 43.5 Å². The van der Waals surface area contributed by atoms with Crippen molar-refractivity contribution in [2.45, 2.75) is 0 Å². The Balaban J connectivity index is 1.95. The molecule has 8 heteroatoms. The third kappa shape index (κ3) is 3.54. The molecule has 0 bridgehead atoms. The molecule has 1 aliphatic rings. The van der Waals surface area contributed by atoms with Crippen LogP contribution in [0.3, 0.4) is 0 Å². The molecule has 0 spiro atoms. The fourth-order valence-corrected chi connectivity index (χ4v) is 2.79. The Hall–Kier alpha value is -2.07. The van der Waals surface area contributed by atoms with E-state index in [1.54, 1.807) is 24.3 Å². The van der Waals surface area contributed by atoms with E-state index in [1.165, 1.54) is 12.1 Å². The number of aliphatic imine (C=N–C) groups is 1. The maximum Gasteiger partial charge on any atom is 0.363 e. The number of esters is 1.